The molecule has 0 spiro atoms. The number of ether oxygens (including phenoxy) is 1. The maximum Gasteiger partial charge on any atom is 0.335 e. The first-order valence-corrected chi connectivity index (χ1v) is 5.14. The van der Waals surface area contributed by atoms with Gasteiger partial charge in [0.05, 0.1) is 5.57 Å². The second-order valence-electron chi connectivity index (χ2n) is 3.37. The van der Waals surface area contributed by atoms with Gasteiger partial charge in [0.25, 0.3) is 0 Å². The minimum atomic E-state index is -1.22. The number of aliphatic carboxylic acids is 1. The second kappa shape index (κ2) is 5.50. The van der Waals surface area contributed by atoms with Crippen LogP contribution in [0.1, 0.15) is 18.6 Å². The highest BCUT2D eigenvalue weighted by Gasteiger charge is 2.23. The van der Waals surface area contributed by atoms with Gasteiger partial charge in [-0.2, -0.15) is 0 Å². The summed E-state index contributed by atoms with van der Waals surface area (Å²) >= 11 is 5.72. The molecule has 0 aliphatic rings. The summed E-state index contributed by atoms with van der Waals surface area (Å²) < 4.78 is 4.94. The summed E-state index contributed by atoms with van der Waals surface area (Å²) in [5.41, 5.74) is 0.305. The number of halogens is 1. The van der Waals surface area contributed by atoms with E-state index in [1.54, 1.807) is 24.3 Å². The summed E-state index contributed by atoms with van der Waals surface area (Å²) in [5, 5.41) is 9.37. The highest BCUT2D eigenvalue weighted by atomic mass is 35.5. The Morgan fingerprint density at radius 1 is 1.35 bits per heavy atom. The molecule has 0 saturated heterocycles. The molecule has 1 atom stereocenters. The molecule has 17 heavy (non-hydrogen) atoms. The third kappa shape index (κ3) is 3.60. The van der Waals surface area contributed by atoms with Crippen molar-refractivity contribution >= 4 is 23.5 Å². The molecule has 0 bridgehead atoms. The summed E-state index contributed by atoms with van der Waals surface area (Å²) in [6, 6.07) is 6.35. The zero-order valence-electron chi connectivity index (χ0n) is 9.14. The van der Waals surface area contributed by atoms with Crippen molar-refractivity contribution in [1.29, 1.82) is 0 Å². The fraction of sp³-hybridized carbons (Fsp3) is 0.167. The molecule has 1 aromatic rings. The van der Waals surface area contributed by atoms with Crippen molar-refractivity contribution in [1.82, 2.24) is 0 Å². The molecule has 1 aromatic carbocycles. The third-order valence-electron chi connectivity index (χ3n) is 2.05. The van der Waals surface area contributed by atoms with E-state index in [0.717, 1.165) is 0 Å². The topological polar surface area (TPSA) is 63.6 Å². The van der Waals surface area contributed by atoms with Crippen molar-refractivity contribution < 1.29 is 19.4 Å². The number of carbonyl (C=O) groups is 2. The molecule has 0 fully saturated rings. The lowest BCUT2D eigenvalue weighted by atomic mass is 10.0. The molecule has 90 valence electrons. The molecule has 0 radical (unpaired) electrons. The fourth-order valence-corrected chi connectivity index (χ4v) is 1.38. The number of carbonyl (C=O) groups excluding carboxylic acids is 1. The first kappa shape index (κ1) is 13.3. The van der Waals surface area contributed by atoms with E-state index in [9.17, 15) is 9.59 Å². The Hall–Kier alpha value is -1.81. The number of carboxylic acid groups (broad SMARTS) is 1. The highest BCUT2D eigenvalue weighted by molar-refractivity contribution is 6.30. The molecule has 1 rings (SSSR count). The summed E-state index contributed by atoms with van der Waals surface area (Å²) in [4.78, 5) is 21.8. The standard InChI is InChI=1S/C12H11ClO4/c1-7(12(15)16)11(17-8(2)14)9-3-5-10(13)6-4-9/h3-6,11H,1H2,2H3,(H,15,16). The molecule has 0 aliphatic carbocycles. The van der Waals surface area contributed by atoms with Crippen molar-refractivity contribution in [3.63, 3.8) is 0 Å². The normalized spacial score (nSPS) is 11.6. The van der Waals surface area contributed by atoms with E-state index in [1.165, 1.54) is 6.92 Å². The van der Waals surface area contributed by atoms with E-state index in [0.29, 0.717) is 10.6 Å². The molecule has 0 saturated carbocycles. The van der Waals surface area contributed by atoms with E-state index in [2.05, 4.69) is 6.58 Å². The smallest absolute Gasteiger partial charge is 0.335 e. The van der Waals surface area contributed by atoms with Crippen LogP contribution in [0.2, 0.25) is 5.02 Å². The number of hydrogen-bond donors (Lipinski definition) is 1. The van der Waals surface area contributed by atoms with Crippen molar-refractivity contribution in [3.05, 3.63) is 47.0 Å². The molecule has 0 aliphatic heterocycles. The largest absolute Gasteiger partial charge is 0.478 e. The van der Waals surface area contributed by atoms with Crippen LogP contribution >= 0.6 is 11.6 Å². The van der Waals surface area contributed by atoms with Crippen molar-refractivity contribution in [2.45, 2.75) is 13.0 Å². The minimum Gasteiger partial charge on any atom is -0.478 e. The predicted molar refractivity (Wildman–Crippen MR) is 62.7 cm³/mol. The van der Waals surface area contributed by atoms with Gasteiger partial charge in [-0.15, -0.1) is 0 Å². The van der Waals surface area contributed by atoms with Crippen LogP contribution in [-0.4, -0.2) is 17.0 Å². The van der Waals surface area contributed by atoms with Gasteiger partial charge in [0.1, 0.15) is 0 Å². The number of rotatable bonds is 4. The van der Waals surface area contributed by atoms with Crippen LogP contribution in [-0.2, 0) is 14.3 Å². The van der Waals surface area contributed by atoms with Gasteiger partial charge in [0.15, 0.2) is 6.10 Å². The SMILES string of the molecule is C=C(C(=O)O)C(OC(C)=O)c1ccc(Cl)cc1. The molecular formula is C12H11ClO4. The zero-order chi connectivity index (χ0) is 13.0. The number of esters is 1. The summed E-state index contributed by atoms with van der Waals surface area (Å²) in [6.45, 7) is 4.60. The Labute approximate surface area is 103 Å². The number of carboxylic acids is 1. The van der Waals surface area contributed by atoms with E-state index in [-0.39, 0.29) is 5.57 Å². The fourth-order valence-electron chi connectivity index (χ4n) is 1.26. The van der Waals surface area contributed by atoms with Crippen molar-refractivity contribution in [2.75, 3.05) is 0 Å². The van der Waals surface area contributed by atoms with Crippen LogP contribution in [0.15, 0.2) is 36.4 Å². The second-order valence-corrected chi connectivity index (χ2v) is 3.81. The van der Waals surface area contributed by atoms with Crippen molar-refractivity contribution in [2.24, 2.45) is 0 Å². The quantitative estimate of drug-likeness (QED) is 0.663. The molecule has 5 heteroatoms. The van der Waals surface area contributed by atoms with Gasteiger partial charge in [-0.1, -0.05) is 30.3 Å². The Morgan fingerprint density at radius 2 is 1.88 bits per heavy atom. The Morgan fingerprint density at radius 3 is 2.29 bits per heavy atom. The monoisotopic (exact) mass is 254 g/mol. The molecule has 1 N–H and O–H groups in total. The Kier molecular flexibility index (Phi) is 4.29. The summed E-state index contributed by atoms with van der Waals surface area (Å²) in [7, 11) is 0. The summed E-state index contributed by atoms with van der Waals surface area (Å²) in [6.07, 6.45) is -0.998. The molecular weight excluding hydrogens is 244 g/mol. The number of hydrogen-bond acceptors (Lipinski definition) is 3. The molecule has 4 nitrogen and oxygen atoms in total. The average molecular weight is 255 g/mol. The minimum absolute atomic E-state index is 0.206. The maximum absolute atomic E-state index is 10.9. The van der Waals surface area contributed by atoms with Gasteiger partial charge in [0.2, 0.25) is 0 Å². The van der Waals surface area contributed by atoms with Gasteiger partial charge in [-0.25, -0.2) is 4.79 Å². The van der Waals surface area contributed by atoms with Gasteiger partial charge in [0, 0.05) is 11.9 Å². The first-order chi connectivity index (χ1) is 7.91. The van der Waals surface area contributed by atoms with Crippen LogP contribution in [0.3, 0.4) is 0 Å². The van der Waals surface area contributed by atoms with Crippen LogP contribution < -0.4 is 0 Å². The first-order valence-electron chi connectivity index (χ1n) is 4.76. The van der Waals surface area contributed by atoms with Crippen LogP contribution in [0.5, 0.6) is 0 Å². The highest BCUT2D eigenvalue weighted by Crippen LogP contribution is 2.26. The van der Waals surface area contributed by atoms with Gasteiger partial charge in [-0.05, 0) is 17.7 Å². The van der Waals surface area contributed by atoms with Crippen LogP contribution in [0.4, 0.5) is 0 Å². The molecule has 1 unspecified atom stereocenters. The number of benzene rings is 1. The lowest BCUT2D eigenvalue weighted by Gasteiger charge is -2.17. The maximum atomic E-state index is 10.9. The Balaban J connectivity index is 3.05. The molecule has 0 amide bonds. The van der Waals surface area contributed by atoms with Crippen LogP contribution in [0.25, 0.3) is 0 Å². The third-order valence-corrected chi connectivity index (χ3v) is 2.30. The van der Waals surface area contributed by atoms with E-state index >= 15 is 0 Å². The predicted octanol–water partition coefficient (Wildman–Crippen LogP) is 2.59. The lowest BCUT2D eigenvalue weighted by molar-refractivity contribution is -0.146. The lowest BCUT2D eigenvalue weighted by Crippen LogP contribution is -2.15. The summed E-state index contributed by atoms with van der Waals surface area (Å²) in [5.74, 6) is -1.79. The van der Waals surface area contributed by atoms with Gasteiger partial charge >= 0.3 is 11.9 Å². The van der Waals surface area contributed by atoms with E-state index in [4.69, 9.17) is 21.4 Å². The van der Waals surface area contributed by atoms with Crippen LogP contribution in [0, 0.1) is 0 Å². The van der Waals surface area contributed by atoms with Crippen molar-refractivity contribution in [3.8, 4) is 0 Å². The van der Waals surface area contributed by atoms with Gasteiger partial charge in [-0.3, -0.25) is 4.79 Å². The Bertz CT molecular complexity index is 450. The van der Waals surface area contributed by atoms with E-state index in [1.807, 2.05) is 0 Å². The molecule has 0 heterocycles. The average Bonchev–Trinajstić information content (AvgIpc) is 2.26. The zero-order valence-corrected chi connectivity index (χ0v) is 9.90. The molecule has 0 aromatic heterocycles. The van der Waals surface area contributed by atoms with E-state index < -0.39 is 18.0 Å². The van der Waals surface area contributed by atoms with Gasteiger partial charge < -0.3 is 9.84 Å².